The van der Waals surface area contributed by atoms with Gasteiger partial charge in [-0.3, -0.25) is 4.79 Å². The Morgan fingerprint density at radius 1 is 1.23 bits per heavy atom. The van der Waals surface area contributed by atoms with E-state index >= 15 is 0 Å². The third kappa shape index (κ3) is 2.78. The number of aryl methyl sites for hydroxylation is 2. The molecule has 0 aliphatic heterocycles. The van der Waals surface area contributed by atoms with Crippen molar-refractivity contribution in [2.45, 2.75) is 64.7 Å². The van der Waals surface area contributed by atoms with Crippen LogP contribution in [0.25, 0.3) is 0 Å². The van der Waals surface area contributed by atoms with Crippen LogP contribution in [-0.4, -0.2) is 14.2 Å². The highest BCUT2D eigenvalue weighted by atomic mass is 32.2. The van der Waals surface area contributed by atoms with Crippen LogP contribution in [0.1, 0.15) is 68.6 Å². The Labute approximate surface area is 155 Å². The second-order valence-corrected chi connectivity index (χ2v) is 9.57. The molecule has 6 heteroatoms. The Kier molecular flexibility index (Phi) is 4.19. The first-order valence-corrected chi connectivity index (χ1v) is 11.1. The molecule has 142 valence electrons. The van der Waals surface area contributed by atoms with Crippen molar-refractivity contribution in [3.63, 3.8) is 0 Å². The van der Waals surface area contributed by atoms with Crippen LogP contribution < -0.4 is 9.32 Å². The number of hydrogen-bond donors (Lipinski definition) is 1. The molecule has 0 radical (unpaired) electrons. The van der Waals surface area contributed by atoms with Crippen LogP contribution in [0, 0.1) is 17.3 Å². The summed E-state index contributed by atoms with van der Waals surface area (Å²) in [6.45, 7) is 4.17. The zero-order valence-electron chi connectivity index (χ0n) is 15.5. The van der Waals surface area contributed by atoms with E-state index in [1.807, 2.05) is 13.0 Å². The van der Waals surface area contributed by atoms with Crippen LogP contribution in [-0.2, 0) is 27.9 Å². The highest BCUT2D eigenvalue weighted by molar-refractivity contribution is 7.84. The number of carbonyl (C=O) groups is 1. The summed E-state index contributed by atoms with van der Waals surface area (Å²) in [5.74, 6) is 2.34. The molecule has 0 saturated heterocycles. The number of carbonyl (C=O) groups excluding carboxylic acids is 1. The zero-order chi connectivity index (χ0) is 18.7. The standard InChI is InChI=1S/C20H27NO4S/c1-3-12-10-16-13(11-18(12)25-26(21,23)24)4-5-15-14(16)8-9-20(2)17(15)6-7-19(20)22/h10-11,14-15,17H,3-9H2,1-2H3,(H2,21,23,24)/t14?,15?,17?,20-/m0/s1. The molecule has 3 unspecified atom stereocenters. The van der Waals surface area contributed by atoms with E-state index < -0.39 is 10.3 Å². The lowest BCUT2D eigenvalue weighted by atomic mass is 9.55. The van der Waals surface area contributed by atoms with Crippen molar-refractivity contribution in [3.05, 3.63) is 28.8 Å². The summed E-state index contributed by atoms with van der Waals surface area (Å²) in [4.78, 5) is 12.4. The largest absolute Gasteiger partial charge is 0.380 e. The average Bonchev–Trinajstić information content (AvgIpc) is 2.88. The van der Waals surface area contributed by atoms with Crippen molar-refractivity contribution < 1.29 is 17.4 Å². The smallest absolute Gasteiger partial charge is 0.371 e. The Morgan fingerprint density at radius 3 is 2.69 bits per heavy atom. The molecule has 0 bridgehead atoms. The highest BCUT2D eigenvalue weighted by Crippen LogP contribution is 2.59. The molecule has 5 nitrogen and oxygen atoms in total. The van der Waals surface area contributed by atoms with E-state index in [9.17, 15) is 13.2 Å². The zero-order valence-corrected chi connectivity index (χ0v) is 16.3. The van der Waals surface area contributed by atoms with Gasteiger partial charge in [-0.2, -0.15) is 13.6 Å². The van der Waals surface area contributed by atoms with Crippen LogP contribution in [0.15, 0.2) is 12.1 Å². The van der Waals surface area contributed by atoms with Crippen LogP contribution in [0.2, 0.25) is 0 Å². The van der Waals surface area contributed by atoms with Gasteiger partial charge in [0.25, 0.3) is 0 Å². The van der Waals surface area contributed by atoms with Gasteiger partial charge in [-0.1, -0.05) is 19.9 Å². The van der Waals surface area contributed by atoms with E-state index in [2.05, 4.69) is 13.0 Å². The highest BCUT2D eigenvalue weighted by Gasteiger charge is 2.54. The van der Waals surface area contributed by atoms with Crippen LogP contribution in [0.3, 0.4) is 0 Å². The van der Waals surface area contributed by atoms with Gasteiger partial charge in [-0.25, -0.2) is 0 Å². The minimum absolute atomic E-state index is 0.122. The Balaban J connectivity index is 1.72. The Bertz CT molecular complexity index is 863. The van der Waals surface area contributed by atoms with E-state index in [1.54, 1.807) is 0 Å². The molecule has 2 saturated carbocycles. The lowest BCUT2D eigenvalue weighted by Gasteiger charge is -2.48. The lowest BCUT2D eigenvalue weighted by Crippen LogP contribution is -2.42. The fraction of sp³-hybridized carbons (Fsp3) is 0.650. The molecule has 4 atom stereocenters. The second-order valence-electron chi connectivity index (χ2n) is 8.42. The predicted molar refractivity (Wildman–Crippen MR) is 99.2 cm³/mol. The molecule has 1 aromatic rings. The molecule has 26 heavy (non-hydrogen) atoms. The molecule has 3 aliphatic rings. The minimum Gasteiger partial charge on any atom is -0.371 e. The fourth-order valence-corrected chi connectivity index (χ4v) is 6.30. The van der Waals surface area contributed by atoms with Crippen LogP contribution in [0.4, 0.5) is 0 Å². The van der Waals surface area contributed by atoms with Gasteiger partial charge < -0.3 is 4.18 Å². The van der Waals surface area contributed by atoms with Crippen molar-refractivity contribution in [1.29, 1.82) is 0 Å². The van der Waals surface area contributed by atoms with E-state index in [-0.39, 0.29) is 5.41 Å². The van der Waals surface area contributed by atoms with Crippen molar-refractivity contribution in [3.8, 4) is 5.75 Å². The first-order chi connectivity index (χ1) is 12.2. The summed E-state index contributed by atoms with van der Waals surface area (Å²) in [5.41, 5.74) is 3.27. The normalized spacial score (nSPS) is 33.3. The number of rotatable bonds is 3. The van der Waals surface area contributed by atoms with Gasteiger partial charge in [0.1, 0.15) is 11.5 Å². The monoisotopic (exact) mass is 377 g/mol. The van der Waals surface area contributed by atoms with Crippen LogP contribution >= 0.6 is 0 Å². The summed E-state index contributed by atoms with van der Waals surface area (Å²) >= 11 is 0. The van der Waals surface area contributed by atoms with E-state index in [0.29, 0.717) is 35.7 Å². The van der Waals surface area contributed by atoms with Gasteiger partial charge in [0, 0.05) is 11.8 Å². The third-order valence-corrected chi connectivity index (χ3v) is 7.61. The van der Waals surface area contributed by atoms with Crippen molar-refractivity contribution >= 4 is 16.1 Å². The molecule has 3 aliphatic carbocycles. The molecule has 1 aromatic carbocycles. The fourth-order valence-electron chi connectivity index (χ4n) is 5.90. The molecule has 0 spiro atoms. The first-order valence-electron chi connectivity index (χ1n) is 9.64. The lowest BCUT2D eigenvalue weighted by molar-refractivity contribution is -0.129. The maximum atomic E-state index is 12.4. The third-order valence-electron chi connectivity index (χ3n) is 7.20. The average molecular weight is 378 g/mol. The minimum atomic E-state index is -4.02. The molecule has 0 aromatic heterocycles. The maximum Gasteiger partial charge on any atom is 0.380 e. The first kappa shape index (κ1) is 18.0. The number of ketones is 1. The molecular formula is C20H27NO4S. The quantitative estimate of drug-likeness (QED) is 0.876. The molecule has 4 rings (SSSR count). The summed E-state index contributed by atoms with van der Waals surface area (Å²) in [6.07, 6.45) is 6.42. The topological polar surface area (TPSA) is 86.5 Å². The molecular weight excluding hydrogens is 350 g/mol. The summed E-state index contributed by atoms with van der Waals surface area (Å²) in [5, 5.41) is 5.08. The van der Waals surface area contributed by atoms with Crippen molar-refractivity contribution in [2.24, 2.45) is 22.4 Å². The summed E-state index contributed by atoms with van der Waals surface area (Å²) in [7, 11) is -4.02. The SMILES string of the molecule is CCc1cc2c(cc1OS(N)(=O)=O)CCC1C2CC[C@]2(C)C(=O)CCC12. The van der Waals surface area contributed by atoms with Gasteiger partial charge in [0.15, 0.2) is 0 Å². The van der Waals surface area contributed by atoms with E-state index in [1.165, 1.54) is 11.1 Å². The maximum absolute atomic E-state index is 12.4. The number of hydrogen-bond acceptors (Lipinski definition) is 4. The Hall–Kier alpha value is -1.40. The molecule has 0 heterocycles. The van der Waals surface area contributed by atoms with E-state index in [0.717, 1.165) is 44.1 Å². The predicted octanol–water partition coefficient (Wildman–Crippen LogP) is 3.26. The number of nitrogens with two attached hydrogens (primary N) is 1. The van der Waals surface area contributed by atoms with Gasteiger partial charge in [0.05, 0.1) is 0 Å². The summed E-state index contributed by atoms with van der Waals surface area (Å²) in [6, 6.07) is 4.01. The van der Waals surface area contributed by atoms with Gasteiger partial charge in [0.2, 0.25) is 0 Å². The second kappa shape index (κ2) is 6.06. The van der Waals surface area contributed by atoms with Crippen molar-refractivity contribution in [1.82, 2.24) is 0 Å². The molecule has 2 fully saturated rings. The van der Waals surface area contributed by atoms with E-state index in [4.69, 9.17) is 9.32 Å². The van der Waals surface area contributed by atoms with Gasteiger partial charge in [-0.05, 0) is 79.0 Å². The molecule has 2 N–H and O–H groups in total. The summed E-state index contributed by atoms with van der Waals surface area (Å²) < 4.78 is 27.8. The Morgan fingerprint density at radius 2 is 2.00 bits per heavy atom. The number of fused-ring (bicyclic) bond motifs is 5. The molecule has 0 amide bonds. The van der Waals surface area contributed by atoms with Gasteiger partial charge in [-0.15, -0.1) is 0 Å². The van der Waals surface area contributed by atoms with Crippen LogP contribution in [0.5, 0.6) is 5.75 Å². The van der Waals surface area contributed by atoms with Gasteiger partial charge >= 0.3 is 10.3 Å². The number of benzene rings is 1. The number of Topliss-reactive ketones (excluding diaryl/α,β-unsaturated/α-hetero) is 1. The van der Waals surface area contributed by atoms with Crippen molar-refractivity contribution in [2.75, 3.05) is 0 Å².